The highest BCUT2D eigenvalue weighted by molar-refractivity contribution is 5.95. The van der Waals surface area contributed by atoms with Crippen LogP contribution in [0, 0.1) is 0 Å². The number of oxazole rings is 1. The van der Waals surface area contributed by atoms with Gasteiger partial charge in [0.2, 0.25) is 0 Å². The molecule has 2 amide bonds. The average Bonchev–Trinajstić information content (AvgIpc) is 3.48. The van der Waals surface area contributed by atoms with Crippen molar-refractivity contribution in [3.05, 3.63) is 41.9 Å². The molecule has 0 atom stereocenters. The van der Waals surface area contributed by atoms with Crippen LogP contribution in [0.2, 0.25) is 0 Å². The Kier molecular flexibility index (Phi) is 6.26. The average molecular weight is 440 g/mol. The van der Waals surface area contributed by atoms with E-state index in [0.29, 0.717) is 24.7 Å². The molecule has 1 saturated heterocycles. The van der Waals surface area contributed by atoms with Crippen LogP contribution in [0.3, 0.4) is 0 Å². The van der Waals surface area contributed by atoms with Crippen LogP contribution < -0.4 is 0 Å². The van der Waals surface area contributed by atoms with E-state index < -0.39 is 5.60 Å². The van der Waals surface area contributed by atoms with Gasteiger partial charge in [-0.3, -0.25) is 4.79 Å². The van der Waals surface area contributed by atoms with Gasteiger partial charge < -0.3 is 19.0 Å². The van der Waals surface area contributed by atoms with Gasteiger partial charge in [-0.15, -0.1) is 0 Å². The number of ether oxygens (including phenoxy) is 1. The summed E-state index contributed by atoms with van der Waals surface area (Å²) in [4.78, 5) is 33.9. The van der Waals surface area contributed by atoms with Crippen molar-refractivity contribution in [2.45, 2.75) is 77.5 Å². The second kappa shape index (κ2) is 8.96. The third kappa shape index (κ3) is 4.97. The molecule has 0 spiro atoms. The number of benzene rings is 1. The predicted octanol–water partition coefficient (Wildman–Crippen LogP) is 4.91. The van der Waals surface area contributed by atoms with Crippen LogP contribution in [0.4, 0.5) is 4.79 Å². The second-order valence-corrected chi connectivity index (χ2v) is 9.70. The van der Waals surface area contributed by atoms with Gasteiger partial charge in [0, 0.05) is 36.3 Å². The molecule has 7 nitrogen and oxygen atoms in total. The molecule has 2 aliphatic rings. The van der Waals surface area contributed by atoms with Gasteiger partial charge in [-0.1, -0.05) is 19.1 Å². The topological polar surface area (TPSA) is 75.9 Å². The quantitative estimate of drug-likeness (QED) is 0.662. The number of likely N-dealkylation sites (tertiary alicyclic amines) is 1. The van der Waals surface area contributed by atoms with E-state index in [-0.39, 0.29) is 18.0 Å². The summed E-state index contributed by atoms with van der Waals surface area (Å²) in [6, 6.07) is 8.08. The minimum atomic E-state index is -0.500. The van der Waals surface area contributed by atoms with E-state index >= 15 is 0 Å². The molecular weight excluding hydrogens is 406 g/mol. The Morgan fingerprint density at radius 2 is 1.72 bits per heavy atom. The first-order valence-electron chi connectivity index (χ1n) is 11.6. The summed E-state index contributed by atoms with van der Waals surface area (Å²) in [7, 11) is 0. The second-order valence-electron chi connectivity index (χ2n) is 9.70. The van der Waals surface area contributed by atoms with Crippen LogP contribution in [0.15, 0.2) is 35.1 Å². The van der Waals surface area contributed by atoms with Crippen LogP contribution in [0.1, 0.15) is 69.4 Å². The van der Waals surface area contributed by atoms with Crippen molar-refractivity contribution in [3.63, 3.8) is 0 Å². The van der Waals surface area contributed by atoms with Crippen LogP contribution >= 0.6 is 0 Å². The number of carbonyl (C=O) groups is 2. The zero-order valence-electron chi connectivity index (χ0n) is 19.5. The fourth-order valence-electron chi connectivity index (χ4n) is 4.30. The van der Waals surface area contributed by atoms with Gasteiger partial charge in [-0.2, -0.15) is 0 Å². The SMILES string of the molecule is CCc1ncoc1-c1ccc(C(=O)N(C2CC2)C2CCN(C(=O)OC(C)(C)C)CC2)cc1. The van der Waals surface area contributed by atoms with Crippen LogP contribution in [0.25, 0.3) is 11.3 Å². The van der Waals surface area contributed by atoms with E-state index in [2.05, 4.69) is 9.88 Å². The number of aryl methyl sites for hydroxylation is 1. The minimum absolute atomic E-state index is 0.0723. The number of piperidine rings is 1. The number of hydrogen-bond donors (Lipinski definition) is 0. The maximum atomic E-state index is 13.4. The maximum Gasteiger partial charge on any atom is 0.410 e. The summed E-state index contributed by atoms with van der Waals surface area (Å²) in [5, 5.41) is 0. The Balaban J connectivity index is 1.42. The molecule has 1 aromatic carbocycles. The molecule has 2 heterocycles. The molecule has 4 rings (SSSR count). The molecule has 32 heavy (non-hydrogen) atoms. The summed E-state index contributed by atoms with van der Waals surface area (Å²) in [6.07, 6.45) is 5.64. The summed E-state index contributed by atoms with van der Waals surface area (Å²) in [5.41, 5.74) is 2.03. The normalized spacial score (nSPS) is 17.3. The summed E-state index contributed by atoms with van der Waals surface area (Å²) < 4.78 is 11.0. The van der Waals surface area contributed by atoms with Crippen molar-refractivity contribution < 1.29 is 18.7 Å². The zero-order valence-corrected chi connectivity index (χ0v) is 19.5. The zero-order chi connectivity index (χ0) is 22.9. The van der Waals surface area contributed by atoms with Gasteiger partial charge in [0.25, 0.3) is 5.91 Å². The first kappa shape index (κ1) is 22.4. The molecule has 1 aromatic heterocycles. The van der Waals surface area contributed by atoms with Crippen molar-refractivity contribution >= 4 is 12.0 Å². The fourth-order valence-corrected chi connectivity index (χ4v) is 4.30. The van der Waals surface area contributed by atoms with Gasteiger partial charge in [0.15, 0.2) is 12.2 Å². The summed E-state index contributed by atoms with van der Waals surface area (Å²) in [5.74, 6) is 0.836. The van der Waals surface area contributed by atoms with E-state index in [4.69, 9.17) is 9.15 Å². The summed E-state index contributed by atoms with van der Waals surface area (Å²) >= 11 is 0. The minimum Gasteiger partial charge on any atom is -0.444 e. The van der Waals surface area contributed by atoms with Gasteiger partial charge in [-0.25, -0.2) is 9.78 Å². The van der Waals surface area contributed by atoms with E-state index in [1.54, 1.807) is 4.90 Å². The van der Waals surface area contributed by atoms with E-state index in [1.165, 1.54) is 6.39 Å². The number of carbonyl (C=O) groups excluding carboxylic acids is 2. The molecule has 0 N–H and O–H groups in total. The summed E-state index contributed by atoms with van der Waals surface area (Å²) in [6.45, 7) is 8.90. The molecule has 1 aliphatic carbocycles. The van der Waals surface area contributed by atoms with E-state index in [9.17, 15) is 9.59 Å². The molecular formula is C25H33N3O4. The van der Waals surface area contributed by atoms with Crippen molar-refractivity contribution in [1.29, 1.82) is 0 Å². The molecule has 172 valence electrons. The largest absolute Gasteiger partial charge is 0.444 e. The lowest BCUT2D eigenvalue weighted by atomic mass is 10.0. The number of amides is 2. The molecule has 1 aliphatic heterocycles. The lowest BCUT2D eigenvalue weighted by molar-refractivity contribution is 0.0142. The Bertz CT molecular complexity index is 948. The molecule has 2 aromatic rings. The Labute approximate surface area is 189 Å². The van der Waals surface area contributed by atoms with E-state index in [0.717, 1.165) is 49.1 Å². The smallest absolute Gasteiger partial charge is 0.410 e. The Morgan fingerprint density at radius 3 is 2.28 bits per heavy atom. The number of hydrogen-bond acceptors (Lipinski definition) is 5. The highest BCUT2D eigenvalue weighted by atomic mass is 16.6. The monoisotopic (exact) mass is 439 g/mol. The molecule has 2 fully saturated rings. The van der Waals surface area contributed by atoms with Gasteiger partial charge in [0.05, 0.1) is 5.69 Å². The highest BCUT2D eigenvalue weighted by Crippen LogP contribution is 2.34. The van der Waals surface area contributed by atoms with Gasteiger partial charge in [0.1, 0.15) is 5.60 Å². The van der Waals surface area contributed by atoms with Crippen molar-refractivity contribution in [2.75, 3.05) is 13.1 Å². The maximum absolute atomic E-state index is 13.4. The third-order valence-corrected chi connectivity index (χ3v) is 6.05. The van der Waals surface area contributed by atoms with E-state index in [1.807, 2.05) is 52.0 Å². The lowest BCUT2D eigenvalue weighted by Gasteiger charge is -2.39. The fraction of sp³-hybridized carbons (Fsp3) is 0.560. The predicted molar refractivity (Wildman–Crippen MR) is 121 cm³/mol. The van der Waals surface area contributed by atoms with Gasteiger partial charge in [-0.05, 0) is 65.0 Å². The standard InChI is InChI=1S/C25H33N3O4/c1-5-21-22(31-16-26-21)17-6-8-18(9-7-17)23(29)28(19-10-11-19)20-12-14-27(15-13-20)24(30)32-25(2,3)4/h6-9,16,19-20H,5,10-15H2,1-4H3. The molecule has 0 radical (unpaired) electrons. The van der Waals surface area contributed by atoms with Crippen molar-refractivity contribution in [3.8, 4) is 11.3 Å². The highest BCUT2D eigenvalue weighted by Gasteiger charge is 2.39. The molecule has 0 unspecified atom stereocenters. The Morgan fingerprint density at radius 1 is 1.09 bits per heavy atom. The third-order valence-electron chi connectivity index (χ3n) is 6.05. The van der Waals surface area contributed by atoms with Crippen molar-refractivity contribution in [2.24, 2.45) is 0 Å². The number of rotatable bonds is 5. The molecule has 7 heteroatoms. The number of aromatic nitrogens is 1. The first-order valence-corrected chi connectivity index (χ1v) is 11.6. The molecule has 0 bridgehead atoms. The van der Waals surface area contributed by atoms with Crippen molar-refractivity contribution in [1.82, 2.24) is 14.8 Å². The molecule has 1 saturated carbocycles. The van der Waals surface area contributed by atoms with Gasteiger partial charge >= 0.3 is 6.09 Å². The van der Waals surface area contributed by atoms with Crippen LogP contribution in [0.5, 0.6) is 0 Å². The van der Waals surface area contributed by atoms with Crippen LogP contribution in [-0.4, -0.2) is 57.6 Å². The first-order chi connectivity index (χ1) is 15.3. The Hall–Kier alpha value is -2.83. The lowest BCUT2D eigenvalue weighted by Crippen LogP contribution is -2.50. The van der Waals surface area contributed by atoms with Crippen LogP contribution in [-0.2, 0) is 11.2 Å². The number of nitrogens with zero attached hydrogens (tertiary/aromatic N) is 3.